The van der Waals surface area contributed by atoms with Crippen LogP contribution in [0.25, 0.3) is 0 Å². The molecule has 1 rings (SSSR count). The van der Waals surface area contributed by atoms with Crippen LogP contribution in [0.1, 0.15) is 0 Å². The highest BCUT2D eigenvalue weighted by molar-refractivity contribution is 6.44. The second-order valence-electron chi connectivity index (χ2n) is 2.32. The van der Waals surface area contributed by atoms with E-state index in [2.05, 4.69) is 15.3 Å². The fourth-order valence-electron chi connectivity index (χ4n) is 1.01. The van der Waals surface area contributed by atoms with E-state index in [1.54, 1.807) is 6.08 Å². The Kier molecular flexibility index (Phi) is 3.31. The lowest BCUT2D eigenvalue weighted by atomic mass is 10.1. The smallest absolute Gasteiger partial charge is 0.119 e. The lowest BCUT2D eigenvalue weighted by Crippen LogP contribution is -2.33. The molecule has 0 radical (unpaired) electrons. The number of halogens is 1. The molecule has 66 valence electrons. The summed E-state index contributed by atoms with van der Waals surface area (Å²) in [5.41, 5.74) is 0.712. The largest absolute Gasteiger partial charge is 0.399 e. The van der Waals surface area contributed by atoms with Gasteiger partial charge in [0.05, 0.1) is 11.1 Å². The molecular weight excluding hydrogens is 176 g/mol. The van der Waals surface area contributed by atoms with Crippen molar-refractivity contribution in [3.05, 3.63) is 23.3 Å². The van der Waals surface area contributed by atoms with Crippen LogP contribution in [0, 0.1) is 0 Å². The van der Waals surface area contributed by atoms with E-state index < -0.39 is 0 Å². The van der Waals surface area contributed by atoms with E-state index in [1.165, 1.54) is 7.11 Å². The zero-order valence-electron chi connectivity index (χ0n) is 7.04. The number of likely N-dealkylation sites (N-methyl/N-ethyl adjacent to an activating group) is 1. The van der Waals surface area contributed by atoms with E-state index in [0.29, 0.717) is 10.7 Å². The minimum Gasteiger partial charge on any atom is -0.399 e. The van der Waals surface area contributed by atoms with Crippen LogP contribution in [-0.2, 0) is 4.84 Å². The molecule has 4 heteroatoms. The summed E-state index contributed by atoms with van der Waals surface area (Å²) in [5.74, 6) is 0. The maximum absolute atomic E-state index is 5.89. The molecule has 0 heterocycles. The van der Waals surface area contributed by atoms with Gasteiger partial charge in [0.15, 0.2) is 0 Å². The van der Waals surface area contributed by atoms with Crippen LogP contribution in [0.4, 0.5) is 0 Å². The van der Waals surface area contributed by atoms with Crippen molar-refractivity contribution in [1.29, 1.82) is 0 Å². The first-order valence-electron chi connectivity index (χ1n) is 3.62. The summed E-state index contributed by atoms with van der Waals surface area (Å²) in [5, 5.41) is 7.48. The van der Waals surface area contributed by atoms with Crippen LogP contribution in [0.3, 0.4) is 0 Å². The Morgan fingerprint density at radius 2 is 2.42 bits per heavy atom. The molecule has 0 aliphatic heterocycles. The van der Waals surface area contributed by atoms with Gasteiger partial charge in [0.25, 0.3) is 0 Å². The van der Waals surface area contributed by atoms with Crippen LogP contribution < -0.4 is 5.32 Å². The first kappa shape index (κ1) is 9.29. The Morgan fingerprint density at radius 3 is 3.00 bits per heavy atom. The number of allylic oxidation sites excluding steroid dienone is 2. The molecule has 0 fully saturated rings. The Hall–Kier alpha value is -0.800. The molecule has 1 N–H and O–H groups in total. The third-order valence-electron chi connectivity index (χ3n) is 1.59. The summed E-state index contributed by atoms with van der Waals surface area (Å²) in [6, 6.07) is 0.0439. The second kappa shape index (κ2) is 4.28. The van der Waals surface area contributed by atoms with Gasteiger partial charge in [-0.05, 0) is 13.1 Å². The Morgan fingerprint density at radius 1 is 1.67 bits per heavy atom. The van der Waals surface area contributed by atoms with Gasteiger partial charge in [0, 0.05) is 0 Å². The molecule has 0 aromatic rings. The van der Waals surface area contributed by atoms with Crippen molar-refractivity contribution in [1.82, 2.24) is 5.32 Å². The van der Waals surface area contributed by atoms with Crippen molar-refractivity contribution < 1.29 is 4.84 Å². The molecule has 1 unspecified atom stereocenters. The first-order chi connectivity index (χ1) is 5.79. The van der Waals surface area contributed by atoms with Crippen molar-refractivity contribution in [2.75, 3.05) is 14.2 Å². The van der Waals surface area contributed by atoms with Gasteiger partial charge in [0.2, 0.25) is 0 Å². The average molecular weight is 187 g/mol. The standard InChI is InChI=1S/C8H11ClN2O/c1-10-7-5-3-4-6(9)8(7)11-12-2/h3-5,7,10H,1-2H3. The fraction of sp³-hybridized carbons (Fsp3) is 0.375. The lowest BCUT2D eigenvalue weighted by molar-refractivity contribution is 0.212. The molecule has 12 heavy (non-hydrogen) atoms. The van der Waals surface area contributed by atoms with Crippen LogP contribution in [0.15, 0.2) is 28.4 Å². The summed E-state index contributed by atoms with van der Waals surface area (Å²) in [6.07, 6.45) is 5.63. The molecule has 0 aromatic carbocycles. The molecule has 3 nitrogen and oxygen atoms in total. The van der Waals surface area contributed by atoms with E-state index in [1.807, 2.05) is 19.2 Å². The highest BCUT2D eigenvalue weighted by Crippen LogP contribution is 2.14. The van der Waals surface area contributed by atoms with E-state index in [9.17, 15) is 0 Å². The van der Waals surface area contributed by atoms with E-state index in [-0.39, 0.29) is 6.04 Å². The van der Waals surface area contributed by atoms with E-state index >= 15 is 0 Å². The maximum Gasteiger partial charge on any atom is 0.119 e. The summed E-state index contributed by atoms with van der Waals surface area (Å²) < 4.78 is 0. The van der Waals surface area contributed by atoms with Gasteiger partial charge in [-0.2, -0.15) is 0 Å². The predicted octanol–water partition coefficient (Wildman–Crippen LogP) is 1.27. The molecule has 1 atom stereocenters. The molecule has 1 aliphatic carbocycles. The number of hydrogen-bond donors (Lipinski definition) is 1. The van der Waals surface area contributed by atoms with Gasteiger partial charge in [-0.25, -0.2) is 0 Å². The average Bonchev–Trinajstić information content (AvgIpc) is 2.09. The van der Waals surface area contributed by atoms with Crippen molar-refractivity contribution in [3.63, 3.8) is 0 Å². The van der Waals surface area contributed by atoms with Gasteiger partial charge >= 0.3 is 0 Å². The van der Waals surface area contributed by atoms with Crippen LogP contribution >= 0.6 is 11.6 Å². The number of oxime groups is 1. The zero-order chi connectivity index (χ0) is 8.97. The topological polar surface area (TPSA) is 33.6 Å². The molecule has 0 aromatic heterocycles. The molecule has 0 bridgehead atoms. The second-order valence-corrected chi connectivity index (χ2v) is 2.73. The molecule has 0 amide bonds. The Bertz CT molecular complexity index is 245. The number of nitrogens with zero attached hydrogens (tertiary/aromatic N) is 1. The number of hydrogen-bond acceptors (Lipinski definition) is 3. The van der Waals surface area contributed by atoms with Gasteiger partial charge in [-0.15, -0.1) is 0 Å². The Labute approximate surface area is 76.7 Å². The molecule has 0 saturated carbocycles. The van der Waals surface area contributed by atoms with Gasteiger partial charge < -0.3 is 10.2 Å². The van der Waals surface area contributed by atoms with Crippen molar-refractivity contribution >= 4 is 17.3 Å². The Balaban J connectivity index is 2.86. The fourth-order valence-corrected chi connectivity index (χ4v) is 1.23. The highest BCUT2D eigenvalue weighted by Gasteiger charge is 2.17. The SMILES string of the molecule is CNC1C=CC=C(Cl)C1=NOC. The summed E-state index contributed by atoms with van der Waals surface area (Å²) in [7, 11) is 3.35. The third kappa shape index (κ3) is 1.87. The molecule has 1 aliphatic rings. The molecular formula is C8H11ClN2O. The normalized spacial score (nSPS) is 25.8. The van der Waals surface area contributed by atoms with Crippen molar-refractivity contribution in [3.8, 4) is 0 Å². The van der Waals surface area contributed by atoms with Crippen LogP contribution in [-0.4, -0.2) is 25.9 Å². The van der Waals surface area contributed by atoms with Gasteiger partial charge in [-0.1, -0.05) is 28.9 Å². The van der Waals surface area contributed by atoms with Crippen molar-refractivity contribution in [2.45, 2.75) is 6.04 Å². The third-order valence-corrected chi connectivity index (χ3v) is 1.91. The minimum absolute atomic E-state index is 0.0439. The molecule has 0 saturated heterocycles. The van der Waals surface area contributed by atoms with Crippen molar-refractivity contribution in [2.24, 2.45) is 5.16 Å². The molecule has 0 spiro atoms. The predicted molar refractivity (Wildman–Crippen MR) is 50.4 cm³/mol. The quantitative estimate of drug-likeness (QED) is 0.659. The zero-order valence-corrected chi connectivity index (χ0v) is 7.80. The van der Waals surface area contributed by atoms with E-state index in [4.69, 9.17) is 11.6 Å². The van der Waals surface area contributed by atoms with Crippen LogP contribution in [0.5, 0.6) is 0 Å². The highest BCUT2D eigenvalue weighted by atomic mass is 35.5. The van der Waals surface area contributed by atoms with Gasteiger partial charge in [0.1, 0.15) is 12.8 Å². The minimum atomic E-state index is 0.0439. The maximum atomic E-state index is 5.89. The van der Waals surface area contributed by atoms with Crippen LogP contribution in [0.2, 0.25) is 0 Å². The number of nitrogens with one attached hydrogen (secondary N) is 1. The summed E-state index contributed by atoms with van der Waals surface area (Å²) in [4.78, 5) is 4.67. The van der Waals surface area contributed by atoms with E-state index in [0.717, 1.165) is 0 Å². The van der Waals surface area contributed by atoms with Gasteiger partial charge in [-0.3, -0.25) is 0 Å². The monoisotopic (exact) mass is 186 g/mol. The lowest BCUT2D eigenvalue weighted by Gasteiger charge is -2.15. The summed E-state index contributed by atoms with van der Waals surface area (Å²) in [6.45, 7) is 0. The number of rotatable bonds is 2. The summed E-state index contributed by atoms with van der Waals surface area (Å²) >= 11 is 5.89. The first-order valence-corrected chi connectivity index (χ1v) is 4.00.